The fourth-order valence-corrected chi connectivity index (χ4v) is 6.00. The molecule has 0 radical (unpaired) electrons. The highest BCUT2D eigenvalue weighted by atomic mass is 19.3. The predicted molar refractivity (Wildman–Crippen MR) is 156 cm³/mol. The normalized spacial score (nSPS) is 19.5. The Balaban J connectivity index is 0.00000164. The number of nitrogens with zero attached hydrogens (tertiary/aromatic N) is 3. The van der Waals surface area contributed by atoms with Gasteiger partial charge in [0.1, 0.15) is 0 Å². The number of rotatable bonds is 9. The van der Waals surface area contributed by atoms with Crippen LogP contribution in [0.25, 0.3) is 22.2 Å². The third-order valence-electron chi connectivity index (χ3n) is 8.02. The van der Waals surface area contributed by atoms with Gasteiger partial charge in [-0.3, -0.25) is 4.90 Å². The van der Waals surface area contributed by atoms with Crippen molar-refractivity contribution in [3.05, 3.63) is 59.7 Å². The summed E-state index contributed by atoms with van der Waals surface area (Å²) < 4.78 is 26.0. The summed E-state index contributed by atoms with van der Waals surface area (Å²) >= 11 is 0. The van der Waals surface area contributed by atoms with Gasteiger partial charge in [-0.1, -0.05) is 57.2 Å². The standard InChI is InChI=1S/C30H38F2N4.C2H6/c1-3-21-8-11-26-28(15-21)34-27(23-9-6-22(7-10-23)5-4-13-33-2)16-29(26)36-18-24-12-14-35(20-30(31)32)17-25(24)19-36;1-2/h6-11,15-16,24-25,30,33H,3-5,12-14,17-20H2,1-2H3;1-2H3. The number of hydrogen-bond donors (Lipinski definition) is 1. The van der Waals surface area contributed by atoms with Crippen LogP contribution in [-0.4, -0.2) is 62.6 Å². The second-order valence-electron chi connectivity index (χ2n) is 10.5. The van der Waals surface area contributed by atoms with Gasteiger partial charge in [0.2, 0.25) is 0 Å². The lowest BCUT2D eigenvalue weighted by atomic mass is 9.89. The second-order valence-corrected chi connectivity index (χ2v) is 10.5. The van der Waals surface area contributed by atoms with Gasteiger partial charge in [-0.25, -0.2) is 13.8 Å². The maximum Gasteiger partial charge on any atom is 0.251 e. The van der Waals surface area contributed by atoms with Gasteiger partial charge in [0.25, 0.3) is 6.43 Å². The lowest BCUT2D eigenvalue weighted by molar-refractivity contribution is 0.0571. The molecule has 2 atom stereocenters. The lowest BCUT2D eigenvalue weighted by Gasteiger charge is -2.33. The Hall–Kier alpha value is -2.57. The Labute approximate surface area is 227 Å². The fourth-order valence-electron chi connectivity index (χ4n) is 6.00. The van der Waals surface area contributed by atoms with Gasteiger partial charge in [-0.05, 0) is 80.9 Å². The number of likely N-dealkylation sites (tertiary alicyclic amines) is 1. The molecule has 0 amide bonds. The Morgan fingerprint density at radius 1 is 0.974 bits per heavy atom. The lowest BCUT2D eigenvalue weighted by Crippen LogP contribution is -2.42. The van der Waals surface area contributed by atoms with Gasteiger partial charge in [0, 0.05) is 36.3 Å². The molecule has 2 aliphatic rings. The molecular weight excluding hydrogens is 478 g/mol. The molecule has 0 bridgehead atoms. The zero-order valence-corrected chi connectivity index (χ0v) is 23.5. The zero-order chi connectivity index (χ0) is 27.1. The maximum atomic E-state index is 13.0. The molecule has 4 nitrogen and oxygen atoms in total. The number of nitrogens with one attached hydrogen (secondary N) is 1. The average Bonchev–Trinajstić information content (AvgIpc) is 3.36. The summed E-state index contributed by atoms with van der Waals surface area (Å²) in [6.07, 6.45) is 1.91. The molecule has 2 saturated heterocycles. The van der Waals surface area contributed by atoms with Crippen LogP contribution in [0.1, 0.15) is 44.7 Å². The van der Waals surface area contributed by atoms with Crippen LogP contribution in [-0.2, 0) is 12.8 Å². The third kappa shape index (κ3) is 6.70. The largest absolute Gasteiger partial charge is 0.370 e. The minimum Gasteiger partial charge on any atom is -0.370 e. The number of halogens is 2. The number of aromatic nitrogens is 1. The Kier molecular flexibility index (Phi) is 10.1. The van der Waals surface area contributed by atoms with Gasteiger partial charge < -0.3 is 10.2 Å². The average molecular weight is 523 g/mol. The molecule has 38 heavy (non-hydrogen) atoms. The van der Waals surface area contributed by atoms with Gasteiger partial charge in [0.05, 0.1) is 17.8 Å². The van der Waals surface area contributed by atoms with Crippen molar-refractivity contribution < 1.29 is 8.78 Å². The van der Waals surface area contributed by atoms with Crippen molar-refractivity contribution in [3.8, 4) is 11.3 Å². The topological polar surface area (TPSA) is 31.4 Å². The molecule has 206 valence electrons. The van der Waals surface area contributed by atoms with Crippen molar-refractivity contribution in [3.63, 3.8) is 0 Å². The number of alkyl halides is 2. The maximum absolute atomic E-state index is 13.0. The number of pyridine rings is 1. The van der Waals surface area contributed by atoms with Gasteiger partial charge in [-0.15, -0.1) is 0 Å². The molecular formula is C32H44F2N4. The Morgan fingerprint density at radius 2 is 1.71 bits per heavy atom. The van der Waals surface area contributed by atoms with Crippen LogP contribution in [0.2, 0.25) is 0 Å². The van der Waals surface area contributed by atoms with E-state index in [1.807, 2.05) is 25.8 Å². The fraction of sp³-hybridized carbons (Fsp3) is 0.531. The van der Waals surface area contributed by atoms with Crippen LogP contribution in [0.3, 0.4) is 0 Å². The number of anilines is 1. The first-order valence-corrected chi connectivity index (χ1v) is 14.5. The van der Waals surface area contributed by atoms with E-state index in [1.54, 1.807) is 0 Å². The monoisotopic (exact) mass is 522 g/mol. The summed E-state index contributed by atoms with van der Waals surface area (Å²) in [7, 11) is 1.99. The Bertz CT molecular complexity index is 1160. The minimum absolute atomic E-state index is 0.101. The summed E-state index contributed by atoms with van der Waals surface area (Å²) in [5.41, 5.74) is 7.04. The van der Waals surface area contributed by atoms with Gasteiger partial charge in [0.15, 0.2) is 0 Å². The number of aryl methyl sites for hydroxylation is 2. The highest BCUT2D eigenvalue weighted by Gasteiger charge is 2.38. The number of piperidine rings is 1. The molecule has 2 unspecified atom stereocenters. The molecule has 3 aromatic rings. The van der Waals surface area contributed by atoms with Crippen molar-refractivity contribution >= 4 is 16.6 Å². The first kappa shape index (κ1) is 28.4. The van der Waals surface area contributed by atoms with Crippen LogP contribution >= 0.6 is 0 Å². The van der Waals surface area contributed by atoms with Crippen molar-refractivity contribution in [2.24, 2.45) is 11.8 Å². The van der Waals surface area contributed by atoms with Gasteiger partial charge in [-0.2, -0.15) is 0 Å². The van der Waals surface area contributed by atoms with Crippen molar-refractivity contribution in [1.29, 1.82) is 0 Å². The molecule has 2 aliphatic heterocycles. The quantitative estimate of drug-likeness (QED) is 0.318. The van der Waals surface area contributed by atoms with Gasteiger partial charge >= 0.3 is 0 Å². The number of hydrogen-bond acceptors (Lipinski definition) is 4. The molecule has 0 spiro atoms. The number of fused-ring (bicyclic) bond motifs is 2. The molecule has 3 heterocycles. The first-order chi connectivity index (χ1) is 18.5. The highest BCUT2D eigenvalue weighted by Crippen LogP contribution is 2.38. The minimum atomic E-state index is -2.26. The SMILES string of the molecule is CC.CCc1ccc2c(N3CC4CCN(CC(F)F)CC4C3)cc(-c3ccc(CCCNC)cc3)nc2c1. The molecule has 1 N–H and O–H groups in total. The summed E-state index contributed by atoms with van der Waals surface area (Å²) in [5.74, 6) is 1.01. The van der Waals surface area contributed by atoms with E-state index in [0.29, 0.717) is 11.8 Å². The summed E-state index contributed by atoms with van der Waals surface area (Å²) in [6.45, 7) is 10.6. The zero-order valence-electron chi connectivity index (χ0n) is 23.5. The van der Waals surface area contributed by atoms with E-state index in [0.717, 1.165) is 75.2 Å². The van der Waals surface area contributed by atoms with Crippen molar-refractivity contribution in [2.75, 3.05) is 51.2 Å². The van der Waals surface area contributed by atoms with E-state index in [9.17, 15) is 8.78 Å². The molecule has 5 rings (SSSR count). The van der Waals surface area contributed by atoms with E-state index >= 15 is 0 Å². The molecule has 6 heteroatoms. The van der Waals surface area contributed by atoms with Crippen LogP contribution in [0, 0.1) is 11.8 Å². The van der Waals surface area contributed by atoms with Crippen molar-refractivity contribution in [2.45, 2.75) is 52.9 Å². The highest BCUT2D eigenvalue weighted by molar-refractivity contribution is 5.94. The smallest absolute Gasteiger partial charge is 0.251 e. The molecule has 0 saturated carbocycles. The van der Waals surface area contributed by atoms with Crippen LogP contribution < -0.4 is 10.2 Å². The van der Waals surface area contributed by atoms with Crippen LogP contribution in [0.15, 0.2) is 48.5 Å². The summed E-state index contributed by atoms with van der Waals surface area (Å²) in [5, 5.41) is 4.40. The Morgan fingerprint density at radius 3 is 2.42 bits per heavy atom. The first-order valence-electron chi connectivity index (χ1n) is 14.5. The molecule has 2 fully saturated rings. The summed E-state index contributed by atoms with van der Waals surface area (Å²) in [6, 6.07) is 17.7. The van der Waals surface area contributed by atoms with Crippen LogP contribution in [0.4, 0.5) is 14.5 Å². The number of benzene rings is 2. The van der Waals surface area contributed by atoms with Crippen molar-refractivity contribution in [1.82, 2.24) is 15.2 Å². The second kappa shape index (κ2) is 13.5. The van der Waals surface area contributed by atoms with E-state index in [-0.39, 0.29) is 6.54 Å². The van der Waals surface area contributed by atoms with Crippen LogP contribution in [0.5, 0.6) is 0 Å². The van der Waals surface area contributed by atoms with E-state index in [1.165, 1.54) is 22.2 Å². The third-order valence-corrected chi connectivity index (χ3v) is 8.02. The predicted octanol–water partition coefficient (Wildman–Crippen LogP) is 6.67. The van der Waals surface area contributed by atoms with E-state index in [2.05, 4.69) is 65.7 Å². The van der Waals surface area contributed by atoms with E-state index < -0.39 is 6.43 Å². The molecule has 2 aromatic carbocycles. The molecule has 0 aliphatic carbocycles. The molecule has 1 aromatic heterocycles. The van der Waals surface area contributed by atoms with E-state index in [4.69, 9.17) is 4.98 Å². The summed E-state index contributed by atoms with van der Waals surface area (Å²) in [4.78, 5) is 9.55.